The summed E-state index contributed by atoms with van der Waals surface area (Å²) in [5.74, 6) is 1.20. The van der Waals surface area contributed by atoms with Crippen LogP contribution in [0, 0.1) is 0 Å². The topological polar surface area (TPSA) is 29.7 Å². The molecule has 4 heteroatoms. The van der Waals surface area contributed by atoms with E-state index >= 15 is 0 Å². The number of hydrogen-bond acceptors (Lipinski definition) is 1. The summed E-state index contributed by atoms with van der Waals surface area (Å²) >= 11 is 0. The molecule has 1 rings (SSSR count). The Morgan fingerprint density at radius 1 is 1.42 bits per heavy atom. The van der Waals surface area contributed by atoms with Crippen LogP contribution in [0.25, 0.3) is 0 Å². The van der Waals surface area contributed by atoms with E-state index in [4.69, 9.17) is 5.11 Å². The zero-order chi connectivity index (χ0) is 9.14. The molecule has 0 saturated carbocycles. The predicted molar refractivity (Wildman–Crippen MR) is 48.4 cm³/mol. The van der Waals surface area contributed by atoms with E-state index in [1.165, 1.54) is 5.96 Å². The summed E-state index contributed by atoms with van der Waals surface area (Å²) in [5, 5.41) is 8.82. The molecule has 0 aromatic heterocycles. The lowest BCUT2D eigenvalue weighted by atomic mass is 10.5. The molecule has 4 nitrogen and oxygen atoms in total. The van der Waals surface area contributed by atoms with Gasteiger partial charge in [0.15, 0.2) is 0 Å². The highest BCUT2D eigenvalue weighted by atomic mass is 16.3. The Bertz CT molecular complexity index is 185. The van der Waals surface area contributed by atoms with E-state index in [2.05, 4.69) is 21.4 Å². The lowest BCUT2D eigenvalue weighted by Crippen LogP contribution is -2.38. The predicted octanol–water partition coefficient (Wildman–Crippen LogP) is -1.15. The first-order valence-corrected chi connectivity index (χ1v) is 4.28. The molecule has 0 unspecified atom stereocenters. The summed E-state index contributed by atoms with van der Waals surface area (Å²) in [4.78, 5) is 4.40. The van der Waals surface area contributed by atoms with Gasteiger partial charge in [0, 0.05) is 0 Å². The average molecular weight is 172 g/mol. The van der Waals surface area contributed by atoms with Crippen molar-refractivity contribution in [2.24, 2.45) is 0 Å². The molecular formula is C8H18N3O+. The molecular weight excluding hydrogens is 154 g/mol. The summed E-state index contributed by atoms with van der Waals surface area (Å²) in [6.07, 6.45) is 0. The number of aliphatic hydroxyl groups is 1. The van der Waals surface area contributed by atoms with E-state index < -0.39 is 0 Å². The third-order valence-corrected chi connectivity index (χ3v) is 2.10. The van der Waals surface area contributed by atoms with Crippen LogP contribution in [0.1, 0.15) is 0 Å². The van der Waals surface area contributed by atoms with Crippen molar-refractivity contribution in [2.45, 2.75) is 0 Å². The van der Waals surface area contributed by atoms with Crippen molar-refractivity contribution >= 4 is 5.96 Å². The largest absolute Gasteiger partial charge is 0.393 e. The van der Waals surface area contributed by atoms with Crippen molar-refractivity contribution in [3.05, 3.63) is 0 Å². The minimum atomic E-state index is 0.227. The molecule has 1 saturated heterocycles. The highest BCUT2D eigenvalue weighted by Gasteiger charge is 2.31. The fraction of sp³-hybridized carbons (Fsp3) is 0.875. The van der Waals surface area contributed by atoms with Gasteiger partial charge in [0.25, 0.3) is 0 Å². The summed E-state index contributed by atoms with van der Waals surface area (Å²) in [5.41, 5.74) is 0. The maximum absolute atomic E-state index is 8.82. The van der Waals surface area contributed by atoms with Crippen molar-refractivity contribution in [1.29, 1.82) is 0 Å². The summed E-state index contributed by atoms with van der Waals surface area (Å²) < 4.78 is 2.09. The zero-order valence-electron chi connectivity index (χ0n) is 8.12. The Balaban J connectivity index is 2.71. The molecule has 1 aliphatic heterocycles. The Labute approximate surface area is 73.7 Å². The summed E-state index contributed by atoms with van der Waals surface area (Å²) in [6.45, 7) is 3.03. The smallest absolute Gasteiger partial charge is 0.350 e. The maximum Gasteiger partial charge on any atom is 0.350 e. The Morgan fingerprint density at radius 2 is 2.08 bits per heavy atom. The Kier molecular flexibility index (Phi) is 2.92. The van der Waals surface area contributed by atoms with E-state index in [1.807, 2.05) is 14.1 Å². The first-order valence-electron chi connectivity index (χ1n) is 4.28. The van der Waals surface area contributed by atoms with Gasteiger partial charge in [0.05, 0.1) is 47.4 Å². The number of guanidine groups is 1. The first-order chi connectivity index (χ1) is 5.66. The standard InChI is InChI=1S/C8H18N3O/c1-9(2)8-10(3)4-5-11(8)6-7-12/h12H,4-7H2,1-3H3/q+1. The zero-order valence-corrected chi connectivity index (χ0v) is 8.12. The second-order valence-corrected chi connectivity index (χ2v) is 3.33. The number of likely N-dealkylation sites (N-methyl/N-ethyl adjacent to an activating group) is 1. The molecule has 12 heavy (non-hydrogen) atoms. The second-order valence-electron chi connectivity index (χ2n) is 3.33. The number of nitrogens with zero attached hydrogens (tertiary/aromatic N) is 3. The van der Waals surface area contributed by atoms with Crippen LogP contribution in [0.5, 0.6) is 0 Å². The number of rotatable bonds is 2. The van der Waals surface area contributed by atoms with Crippen molar-refractivity contribution in [1.82, 2.24) is 9.80 Å². The minimum Gasteiger partial charge on any atom is -0.393 e. The Hall–Kier alpha value is -0.770. The molecule has 0 spiro atoms. The highest BCUT2D eigenvalue weighted by molar-refractivity contribution is 5.76. The average Bonchev–Trinajstić information content (AvgIpc) is 2.32. The molecule has 0 bridgehead atoms. The van der Waals surface area contributed by atoms with Crippen LogP contribution < -0.4 is 0 Å². The van der Waals surface area contributed by atoms with Crippen LogP contribution in [0.3, 0.4) is 0 Å². The highest BCUT2D eigenvalue weighted by Crippen LogP contribution is 2.04. The van der Waals surface area contributed by atoms with E-state index in [0.717, 1.165) is 19.6 Å². The fourth-order valence-electron chi connectivity index (χ4n) is 1.67. The third kappa shape index (κ3) is 1.69. The minimum absolute atomic E-state index is 0.227. The maximum atomic E-state index is 8.82. The van der Waals surface area contributed by atoms with Gasteiger partial charge in [-0.05, 0) is 0 Å². The van der Waals surface area contributed by atoms with Gasteiger partial charge in [-0.1, -0.05) is 0 Å². The van der Waals surface area contributed by atoms with E-state index in [1.54, 1.807) is 0 Å². The van der Waals surface area contributed by atoms with Crippen LogP contribution in [-0.4, -0.2) is 72.8 Å². The van der Waals surface area contributed by atoms with Crippen molar-refractivity contribution < 1.29 is 9.68 Å². The molecule has 1 heterocycles. The monoisotopic (exact) mass is 172 g/mol. The molecule has 0 amide bonds. The van der Waals surface area contributed by atoms with Gasteiger partial charge in [-0.15, -0.1) is 0 Å². The van der Waals surface area contributed by atoms with Gasteiger partial charge in [0.1, 0.15) is 0 Å². The van der Waals surface area contributed by atoms with Crippen molar-refractivity contribution in [2.75, 3.05) is 47.4 Å². The van der Waals surface area contributed by atoms with Crippen LogP contribution in [-0.2, 0) is 0 Å². The summed E-state index contributed by atoms with van der Waals surface area (Å²) in [6, 6.07) is 0. The normalized spacial score (nSPS) is 17.5. The van der Waals surface area contributed by atoms with Crippen LogP contribution in [0.4, 0.5) is 0 Å². The van der Waals surface area contributed by atoms with E-state index in [9.17, 15) is 0 Å². The molecule has 1 aliphatic rings. The van der Waals surface area contributed by atoms with E-state index in [0.29, 0.717) is 0 Å². The van der Waals surface area contributed by atoms with Crippen LogP contribution in [0.15, 0.2) is 0 Å². The molecule has 0 aromatic carbocycles. The van der Waals surface area contributed by atoms with Gasteiger partial charge in [0.2, 0.25) is 0 Å². The molecule has 1 N–H and O–H groups in total. The van der Waals surface area contributed by atoms with E-state index in [-0.39, 0.29) is 6.61 Å². The lowest BCUT2D eigenvalue weighted by Gasteiger charge is -2.14. The van der Waals surface area contributed by atoms with Crippen molar-refractivity contribution in [3.63, 3.8) is 0 Å². The lowest BCUT2D eigenvalue weighted by molar-refractivity contribution is -0.474. The number of aliphatic hydroxyl groups excluding tert-OH is 1. The Morgan fingerprint density at radius 3 is 2.58 bits per heavy atom. The molecule has 0 aromatic rings. The second kappa shape index (κ2) is 3.76. The molecule has 0 aliphatic carbocycles. The third-order valence-electron chi connectivity index (χ3n) is 2.10. The van der Waals surface area contributed by atoms with Gasteiger partial charge < -0.3 is 5.11 Å². The van der Waals surface area contributed by atoms with Crippen LogP contribution >= 0.6 is 0 Å². The van der Waals surface area contributed by atoms with Gasteiger partial charge in [-0.3, -0.25) is 14.4 Å². The quantitative estimate of drug-likeness (QED) is 0.534. The van der Waals surface area contributed by atoms with Gasteiger partial charge >= 0.3 is 5.96 Å². The fourth-order valence-corrected chi connectivity index (χ4v) is 1.67. The molecule has 0 radical (unpaired) electrons. The molecule has 70 valence electrons. The first kappa shape index (κ1) is 9.32. The van der Waals surface area contributed by atoms with Gasteiger partial charge in [-0.25, -0.2) is 0 Å². The van der Waals surface area contributed by atoms with Gasteiger partial charge in [-0.2, -0.15) is 0 Å². The van der Waals surface area contributed by atoms with Crippen molar-refractivity contribution in [3.8, 4) is 0 Å². The molecule has 1 fully saturated rings. The number of β-amino-alcohol motifs (C(OH)–C–C–N with tert-alkyl or cyclic N) is 1. The number of hydrogen-bond donors (Lipinski definition) is 1. The SMILES string of the molecule is CN1CCN(CCO)C1=[N+](C)C. The molecule has 0 atom stereocenters. The summed E-state index contributed by atoms with van der Waals surface area (Å²) in [7, 11) is 6.13. The van der Waals surface area contributed by atoms with Crippen LogP contribution in [0.2, 0.25) is 0 Å².